The molecule has 1 amide bonds. The van der Waals surface area contributed by atoms with Crippen molar-refractivity contribution in [1.82, 2.24) is 9.62 Å². The smallest absolute Gasteiger partial charge is 0.326 e. The van der Waals surface area contributed by atoms with Gasteiger partial charge in [0.15, 0.2) is 0 Å². The van der Waals surface area contributed by atoms with E-state index in [0.29, 0.717) is 24.9 Å². The van der Waals surface area contributed by atoms with Crippen LogP contribution >= 0.6 is 0 Å². The van der Waals surface area contributed by atoms with Crippen LogP contribution in [0.5, 0.6) is 0 Å². The summed E-state index contributed by atoms with van der Waals surface area (Å²) in [5.41, 5.74) is 0.478. The molecule has 1 fully saturated rings. The summed E-state index contributed by atoms with van der Waals surface area (Å²) >= 11 is 0. The van der Waals surface area contributed by atoms with E-state index in [-0.39, 0.29) is 23.1 Å². The molecular weight excluding hydrogens is 346 g/mol. The summed E-state index contributed by atoms with van der Waals surface area (Å²) in [6.07, 6.45) is 1.15. The van der Waals surface area contributed by atoms with Crippen LogP contribution in [0.1, 0.15) is 31.7 Å². The van der Waals surface area contributed by atoms with E-state index in [4.69, 9.17) is 5.11 Å². The van der Waals surface area contributed by atoms with Crippen LogP contribution in [0.4, 0.5) is 0 Å². The summed E-state index contributed by atoms with van der Waals surface area (Å²) in [7, 11) is -3.62. The third-order valence-electron chi connectivity index (χ3n) is 4.34. The number of amidine groups is 1. The Labute approximate surface area is 145 Å². The van der Waals surface area contributed by atoms with Crippen molar-refractivity contribution in [2.75, 3.05) is 6.54 Å². The van der Waals surface area contributed by atoms with E-state index >= 15 is 0 Å². The van der Waals surface area contributed by atoms with Gasteiger partial charge in [-0.25, -0.2) is 13.2 Å². The highest BCUT2D eigenvalue weighted by atomic mass is 32.2. The lowest BCUT2D eigenvalue weighted by Gasteiger charge is -2.22. The molecule has 134 valence electrons. The van der Waals surface area contributed by atoms with Crippen LogP contribution < -0.4 is 4.72 Å². The van der Waals surface area contributed by atoms with Crippen LogP contribution in [0.2, 0.25) is 0 Å². The molecule has 2 N–H and O–H groups in total. The van der Waals surface area contributed by atoms with Gasteiger partial charge in [-0.3, -0.25) is 14.5 Å². The molecule has 2 heterocycles. The summed E-state index contributed by atoms with van der Waals surface area (Å²) in [5.74, 6) is -1.06. The number of benzene rings is 1. The fourth-order valence-corrected chi connectivity index (χ4v) is 4.43. The predicted molar refractivity (Wildman–Crippen MR) is 89.8 cm³/mol. The number of carboxylic acids is 1. The van der Waals surface area contributed by atoms with Gasteiger partial charge < -0.3 is 10.0 Å². The molecule has 0 bridgehead atoms. The van der Waals surface area contributed by atoms with Gasteiger partial charge in [0.1, 0.15) is 11.9 Å². The molecule has 0 aliphatic carbocycles. The zero-order chi connectivity index (χ0) is 18.2. The van der Waals surface area contributed by atoms with Crippen LogP contribution in [-0.2, 0) is 19.6 Å². The number of carbonyl (C=O) groups is 2. The lowest BCUT2D eigenvalue weighted by atomic mass is 10.1. The average molecular weight is 365 g/mol. The Morgan fingerprint density at radius 2 is 2.12 bits per heavy atom. The molecule has 1 aromatic rings. The third-order valence-corrected chi connectivity index (χ3v) is 5.74. The Hall–Kier alpha value is -2.42. The summed E-state index contributed by atoms with van der Waals surface area (Å²) in [5, 5.41) is 9.17. The van der Waals surface area contributed by atoms with E-state index in [2.05, 4.69) is 9.71 Å². The second kappa shape index (κ2) is 6.47. The number of aliphatic carboxylic acids is 1. The van der Waals surface area contributed by atoms with Gasteiger partial charge in [0.05, 0.1) is 10.9 Å². The van der Waals surface area contributed by atoms with Crippen molar-refractivity contribution in [3.63, 3.8) is 0 Å². The van der Waals surface area contributed by atoms with Crippen LogP contribution in [-0.4, -0.2) is 54.8 Å². The van der Waals surface area contributed by atoms with E-state index in [1.165, 1.54) is 11.0 Å². The standard InChI is InChI=1S/C16H19N3O5S/c1-10(9-14(20)19-8-4-6-12(19)16(21)22)17-15-11-5-2-3-7-13(11)25(23,24)18-15/h2-3,5,7,10,12H,4,6,8-9H2,1H3,(H,17,18)(H,21,22). The van der Waals surface area contributed by atoms with Crippen molar-refractivity contribution in [3.05, 3.63) is 29.8 Å². The molecule has 0 saturated carbocycles. The number of carboxylic acid groups (broad SMARTS) is 1. The van der Waals surface area contributed by atoms with Crippen molar-refractivity contribution >= 4 is 27.7 Å². The number of nitrogens with zero attached hydrogens (tertiary/aromatic N) is 2. The van der Waals surface area contributed by atoms with E-state index < -0.39 is 28.1 Å². The average Bonchev–Trinajstić information content (AvgIpc) is 3.12. The number of carbonyl (C=O) groups excluding carboxylic acids is 1. The van der Waals surface area contributed by atoms with E-state index in [1.54, 1.807) is 25.1 Å². The fraction of sp³-hybridized carbons (Fsp3) is 0.438. The van der Waals surface area contributed by atoms with E-state index in [0.717, 1.165) is 0 Å². The largest absolute Gasteiger partial charge is 0.480 e. The van der Waals surface area contributed by atoms with Crippen LogP contribution in [0.25, 0.3) is 0 Å². The summed E-state index contributed by atoms with van der Waals surface area (Å²) in [6.45, 7) is 2.13. The monoisotopic (exact) mass is 365 g/mol. The molecule has 2 atom stereocenters. The Morgan fingerprint density at radius 1 is 1.40 bits per heavy atom. The number of nitrogens with one attached hydrogen (secondary N) is 1. The van der Waals surface area contributed by atoms with Gasteiger partial charge in [0, 0.05) is 18.5 Å². The van der Waals surface area contributed by atoms with Gasteiger partial charge in [-0.05, 0) is 31.9 Å². The molecule has 8 nitrogen and oxygen atoms in total. The van der Waals surface area contributed by atoms with Gasteiger partial charge in [0.25, 0.3) is 10.0 Å². The number of amides is 1. The molecule has 2 unspecified atom stereocenters. The molecule has 25 heavy (non-hydrogen) atoms. The maximum Gasteiger partial charge on any atom is 0.326 e. The van der Waals surface area contributed by atoms with Gasteiger partial charge >= 0.3 is 5.97 Å². The molecule has 1 saturated heterocycles. The first-order chi connectivity index (χ1) is 11.8. The van der Waals surface area contributed by atoms with Crippen molar-refractivity contribution in [2.45, 2.75) is 43.2 Å². The van der Waals surface area contributed by atoms with Crippen molar-refractivity contribution in [2.24, 2.45) is 4.99 Å². The number of aliphatic imine (C=N–C) groups is 1. The van der Waals surface area contributed by atoms with Crippen molar-refractivity contribution in [3.8, 4) is 0 Å². The van der Waals surface area contributed by atoms with Gasteiger partial charge in [-0.15, -0.1) is 0 Å². The summed E-state index contributed by atoms with van der Waals surface area (Å²) in [4.78, 5) is 29.4. The topological polar surface area (TPSA) is 116 Å². The quantitative estimate of drug-likeness (QED) is 0.810. The van der Waals surface area contributed by atoms with Crippen LogP contribution in [0, 0.1) is 0 Å². The van der Waals surface area contributed by atoms with Gasteiger partial charge in [-0.2, -0.15) is 0 Å². The fourth-order valence-electron chi connectivity index (χ4n) is 3.19. The summed E-state index contributed by atoms with van der Waals surface area (Å²) in [6, 6.07) is 5.24. The molecule has 2 aliphatic heterocycles. The maximum atomic E-state index is 12.4. The Balaban J connectivity index is 1.75. The zero-order valence-electron chi connectivity index (χ0n) is 13.7. The lowest BCUT2D eigenvalue weighted by Crippen LogP contribution is -2.41. The van der Waals surface area contributed by atoms with Gasteiger partial charge in [-0.1, -0.05) is 12.1 Å². The highest BCUT2D eigenvalue weighted by Crippen LogP contribution is 2.23. The summed E-state index contributed by atoms with van der Waals surface area (Å²) < 4.78 is 26.5. The maximum absolute atomic E-state index is 12.4. The van der Waals surface area contributed by atoms with Gasteiger partial charge in [0.2, 0.25) is 5.91 Å². The Morgan fingerprint density at radius 3 is 2.84 bits per heavy atom. The van der Waals surface area contributed by atoms with E-state index in [1.807, 2.05) is 0 Å². The van der Waals surface area contributed by atoms with Crippen LogP contribution in [0.15, 0.2) is 34.2 Å². The highest BCUT2D eigenvalue weighted by molar-refractivity contribution is 7.90. The molecular formula is C16H19N3O5S. The molecule has 0 aromatic heterocycles. The second-order valence-corrected chi connectivity index (χ2v) is 7.87. The molecule has 3 rings (SSSR count). The first-order valence-corrected chi connectivity index (χ1v) is 9.50. The highest BCUT2D eigenvalue weighted by Gasteiger charge is 2.35. The number of likely N-dealkylation sites (tertiary alicyclic amines) is 1. The first kappa shape index (κ1) is 17.4. The zero-order valence-corrected chi connectivity index (χ0v) is 14.5. The third kappa shape index (κ3) is 3.37. The minimum absolute atomic E-state index is 0.0250. The molecule has 0 radical (unpaired) electrons. The predicted octanol–water partition coefficient (Wildman–Crippen LogP) is 0.579. The lowest BCUT2D eigenvalue weighted by molar-refractivity contribution is -0.148. The van der Waals surface area contributed by atoms with Crippen molar-refractivity contribution < 1.29 is 23.1 Å². The number of hydrogen-bond acceptors (Lipinski definition) is 5. The number of rotatable bonds is 4. The number of sulfonamides is 1. The van der Waals surface area contributed by atoms with Crippen LogP contribution in [0.3, 0.4) is 0 Å². The minimum Gasteiger partial charge on any atom is -0.480 e. The Bertz CT molecular complexity index is 849. The van der Waals surface area contributed by atoms with Crippen molar-refractivity contribution in [1.29, 1.82) is 0 Å². The Kier molecular flexibility index (Phi) is 4.51. The number of hydrogen-bond donors (Lipinski definition) is 2. The molecule has 1 aromatic carbocycles. The SMILES string of the molecule is CC(CC(=O)N1CCCC1C(=O)O)N=C1NS(=O)(=O)c2ccccc21. The molecule has 0 spiro atoms. The minimum atomic E-state index is -3.62. The first-order valence-electron chi connectivity index (χ1n) is 8.02. The molecule has 2 aliphatic rings. The second-order valence-electron chi connectivity index (χ2n) is 6.22. The number of fused-ring (bicyclic) bond motifs is 1. The van der Waals surface area contributed by atoms with E-state index in [9.17, 15) is 18.0 Å². The molecule has 9 heteroatoms. The normalized spacial score (nSPS) is 24.0.